The van der Waals surface area contributed by atoms with Gasteiger partial charge in [-0.25, -0.2) is 8.42 Å². The third-order valence-corrected chi connectivity index (χ3v) is 5.99. The third kappa shape index (κ3) is 5.88. The lowest BCUT2D eigenvalue weighted by molar-refractivity contribution is -0.140. The van der Waals surface area contributed by atoms with Gasteiger partial charge in [0.1, 0.15) is 6.23 Å². The maximum atomic E-state index is 12.8. The molecule has 0 unspecified atom stereocenters. The summed E-state index contributed by atoms with van der Waals surface area (Å²) in [6, 6.07) is 5.76. The number of hydrogen-bond acceptors (Lipinski definition) is 6. The lowest BCUT2D eigenvalue weighted by Gasteiger charge is -2.34. The summed E-state index contributed by atoms with van der Waals surface area (Å²) in [4.78, 5) is 23.5. The molecule has 1 atom stereocenters. The molecule has 27 heavy (non-hydrogen) atoms. The molecule has 2 rings (SSSR count). The number of aliphatic hydroxyl groups excluding tert-OH is 1. The molecule has 0 radical (unpaired) electrons. The first-order valence-electron chi connectivity index (χ1n) is 8.42. The van der Waals surface area contributed by atoms with E-state index in [2.05, 4.69) is 10.6 Å². The smallest absolute Gasteiger partial charge is 0.309 e. The second-order valence-corrected chi connectivity index (χ2v) is 8.12. The highest BCUT2D eigenvalue weighted by Crippen LogP contribution is 2.23. The summed E-state index contributed by atoms with van der Waals surface area (Å²) in [6.07, 6.45) is -0.0785. The maximum absolute atomic E-state index is 12.8. The van der Waals surface area contributed by atoms with E-state index in [1.165, 1.54) is 24.3 Å². The molecule has 0 bridgehead atoms. The van der Waals surface area contributed by atoms with Gasteiger partial charge in [-0.3, -0.25) is 9.59 Å². The zero-order valence-electron chi connectivity index (χ0n) is 14.6. The van der Waals surface area contributed by atoms with Gasteiger partial charge >= 0.3 is 11.8 Å². The molecule has 1 aliphatic rings. The Morgan fingerprint density at radius 1 is 1.22 bits per heavy atom. The van der Waals surface area contributed by atoms with Crippen molar-refractivity contribution in [1.82, 2.24) is 14.9 Å². The molecular formula is C16H22ClN3O6S. The average molecular weight is 420 g/mol. The Kier molecular flexibility index (Phi) is 7.99. The Morgan fingerprint density at radius 2 is 1.89 bits per heavy atom. The fraction of sp³-hybridized carbons (Fsp3) is 0.500. The zero-order valence-corrected chi connectivity index (χ0v) is 16.1. The van der Waals surface area contributed by atoms with Crippen molar-refractivity contribution in [2.24, 2.45) is 0 Å². The van der Waals surface area contributed by atoms with Crippen molar-refractivity contribution < 1.29 is 27.9 Å². The van der Waals surface area contributed by atoms with E-state index in [4.69, 9.17) is 21.4 Å². The van der Waals surface area contributed by atoms with Crippen molar-refractivity contribution in [3.8, 4) is 0 Å². The van der Waals surface area contributed by atoms with E-state index in [-0.39, 0.29) is 31.1 Å². The lowest BCUT2D eigenvalue weighted by atomic mass is 10.3. The molecule has 9 nitrogen and oxygen atoms in total. The fourth-order valence-corrected chi connectivity index (χ4v) is 4.16. The summed E-state index contributed by atoms with van der Waals surface area (Å²) >= 11 is 5.80. The Balaban J connectivity index is 2.01. The van der Waals surface area contributed by atoms with Crippen LogP contribution in [0.2, 0.25) is 5.02 Å². The summed E-state index contributed by atoms with van der Waals surface area (Å²) in [5, 5.41) is 13.8. The molecule has 1 fully saturated rings. The summed E-state index contributed by atoms with van der Waals surface area (Å²) in [5.74, 6) is -1.75. The van der Waals surface area contributed by atoms with Crippen molar-refractivity contribution in [1.29, 1.82) is 0 Å². The molecule has 0 spiro atoms. The van der Waals surface area contributed by atoms with Gasteiger partial charge in [-0.05, 0) is 37.1 Å². The van der Waals surface area contributed by atoms with Gasteiger partial charge in [0.25, 0.3) is 0 Å². The monoisotopic (exact) mass is 419 g/mol. The number of carbonyl (C=O) groups is 2. The quantitative estimate of drug-likeness (QED) is 0.411. The van der Waals surface area contributed by atoms with Gasteiger partial charge in [-0.15, -0.1) is 0 Å². The summed E-state index contributed by atoms with van der Waals surface area (Å²) in [7, 11) is -3.84. The number of benzene rings is 1. The minimum atomic E-state index is -3.84. The van der Waals surface area contributed by atoms with E-state index in [1.807, 2.05) is 0 Å². The first-order chi connectivity index (χ1) is 12.9. The van der Waals surface area contributed by atoms with Crippen LogP contribution in [0.25, 0.3) is 0 Å². The molecule has 1 aromatic rings. The van der Waals surface area contributed by atoms with Gasteiger partial charge in [-0.2, -0.15) is 4.31 Å². The van der Waals surface area contributed by atoms with Gasteiger partial charge in [0.05, 0.1) is 18.0 Å². The minimum Gasteiger partial charge on any atom is -0.396 e. The molecule has 2 amide bonds. The molecule has 0 aliphatic carbocycles. The van der Waals surface area contributed by atoms with Crippen LogP contribution in [0.1, 0.15) is 12.8 Å². The summed E-state index contributed by atoms with van der Waals surface area (Å²) in [6.45, 7) is 0.470. The number of nitrogens with one attached hydrogen (secondary N) is 2. The molecule has 0 saturated carbocycles. The Bertz CT molecular complexity index is 756. The second-order valence-electron chi connectivity index (χ2n) is 5.79. The van der Waals surface area contributed by atoms with Crippen LogP contribution < -0.4 is 10.6 Å². The van der Waals surface area contributed by atoms with Crippen molar-refractivity contribution in [3.63, 3.8) is 0 Å². The summed E-state index contributed by atoms with van der Waals surface area (Å²) < 4.78 is 32.3. The highest BCUT2D eigenvalue weighted by atomic mass is 35.5. The van der Waals surface area contributed by atoms with Crippen molar-refractivity contribution in [2.45, 2.75) is 24.0 Å². The van der Waals surface area contributed by atoms with Gasteiger partial charge in [0.2, 0.25) is 10.0 Å². The zero-order chi connectivity index (χ0) is 19.9. The largest absolute Gasteiger partial charge is 0.396 e. The Labute approximate surface area is 162 Å². The molecular weight excluding hydrogens is 398 g/mol. The van der Waals surface area contributed by atoms with Crippen LogP contribution in [0.4, 0.5) is 0 Å². The molecule has 1 heterocycles. The number of amides is 2. The van der Waals surface area contributed by atoms with Crippen LogP contribution in [0.5, 0.6) is 0 Å². The molecule has 150 valence electrons. The van der Waals surface area contributed by atoms with Crippen LogP contribution in [-0.2, 0) is 24.3 Å². The molecule has 3 N–H and O–H groups in total. The SMILES string of the molecule is O=C(NCCCO)C(=O)NC[C@@H]1OCCCN1S(=O)(=O)c1ccc(Cl)cc1. The Morgan fingerprint density at radius 3 is 2.56 bits per heavy atom. The van der Waals surface area contributed by atoms with E-state index in [9.17, 15) is 18.0 Å². The molecule has 11 heteroatoms. The van der Waals surface area contributed by atoms with Crippen LogP contribution in [0.3, 0.4) is 0 Å². The average Bonchev–Trinajstić information content (AvgIpc) is 2.66. The van der Waals surface area contributed by atoms with Gasteiger partial charge in [0.15, 0.2) is 0 Å². The van der Waals surface area contributed by atoms with E-state index in [0.29, 0.717) is 24.5 Å². The van der Waals surface area contributed by atoms with E-state index < -0.39 is 28.1 Å². The number of rotatable bonds is 7. The number of ether oxygens (including phenoxy) is 1. The number of aliphatic hydroxyl groups is 1. The van der Waals surface area contributed by atoms with Crippen LogP contribution in [0.15, 0.2) is 29.2 Å². The number of halogens is 1. The predicted molar refractivity (Wildman–Crippen MR) is 97.4 cm³/mol. The van der Waals surface area contributed by atoms with E-state index in [0.717, 1.165) is 4.31 Å². The van der Waals surface area contributed by atoms with Crippen LogP contribution >= 0.6 is 11.6 Å². The normalized spacial score (nSPS) is 18.1. The predicted octanol–water partition coefficient (Wildman–Crippen LogP) is -0.308. The highest BCUT2D eigenvalue weighted by Gasteiger charge is 2.34. The number of sulfonamides is 1. The van der Waals surface area contributed by atoms with E-state index in [1.54, 1.807) is 0 Å². The maximum Gasteiger partial charge on any atom is 0.309 e. The topological polar surface area (TPSA) is 125 Å². The van der Waals surface area contributed by atoms with Crippen molar-refractivity contribution >= 4 is 33.4 Å². The number of nitrogens with zero attached hydrogens (tertiary/aromatic N) is 1. The van der Waals surface area contributed by atoms with Gasteiger partial charge in [0, 0.05) is 24.7 Å². The number of hydrogen-bond donors (Lipinski definition) is 3. The first-order valence-corrected chi connectivity index (χ1v) is 10.2. The van der Waals surface area contributed by atoms with Gasteiger partial charge < -0.3 is 20.5 Å². The van der Waals surface area contributed by atoms with Crippen LogP contribution in [-0.4, -0.2) is 68.7 Å². The van der Waals surface area contributed by atoms with Crippen molar-refractivity contribution in [3.05, 3.63) is 29.3 Å². The fourth-order valence-electron chi connectivity index (χ4n) is 2.47. The first kappa shape index (κ1) is 21.6. The third-order valence-electron chi connectivity index (χ3n) is 3.84. The molecule has 1 aromatic carbocycles. The molecule has 1 saturated heterocycles. The standard InChI is InChI=1S/C16H22ClN3O6S/c17-12-3-5-13(6-4-12)27(24,25)20-8-2-10-26-14(20)11-19-16(23)15(22)18-7-1-9-21/h3-6,14,21H,1-2,7-11H2,(H,18,22)(H,19,23)/t14-/m0/s1. The van der Waals surface area contributed by atoms with Gasteiger partial charge in [-0.1, -0.05) is 11.6 Å². The molecule has 0 aromatic heterocycles. The second kappa shape index (κ2) is 10.00. The lowest BCUT2D eigenvalue weighted by Crippen LogP contribution is -2.53. The minimum absolute atomic E-state index is 0.0653. The molecule has 1 aliphatic heterocycles. The summed E-state index contributed by atoms with van der Waals surface area (Å²) in [5.41, 5.74) is 0. The Hall–Kier alpha value is -1.72. The van der Waals surface area contributed by atoms with Crippen molar-refractivity contribution in [2.75, 3.05) is 32.8 Å². The number of carbonyl (C=O) groups excluding carboxylic acids is 2. The highest BCUT2D eigenvalue weighted by molar-refractivity contribution is 7.89. The van der Waals surface area contributed by atoms with E-state index >= 15 is 0 Å². The van der Waals surface area contributed by atoms with Crippen LogP contribution in [0, 0.1) is 0 Å².